The fraction of sp³-hybridized carbons (Fsp3) is 0.200. The first kappa shape index (κ1) is 13.6. The van der Waals surface area contributed by atoms with Crippen molar-refractivity contribution < 1.29 is 4.74 Å². The minimum atomic E-state index is 0.145. The third kappa shape index (κ3) is 3.32. The monoisotopic (exact) mass is 276 g/mol. The molecule has 0 saturated heterocycles. The summed E-state index contributed by atoms with van der Waals surface area (Å²) in [6.45, 7) is 2.08. The second kappa shape index (κ2) is 5.85. The van der Waals surface area contributed by atoms with E-state index in [0.29, 0.717) is 10.7 Å². The number of hydrogen-bond donors (Lipinski definition) is 2. The Balaban J connectivity index is 2.13. The number of nitrogens with one attached hydrogen (secondary N) is 1. The van der Waals surface area contributed by atoms with Crippen LogP contribution in [0.1, 0.15) is 18.5 Å². The third-order valence-corrected chi connectivity index (χ3v) is 3.29. The highest BCUT2D eigenvalue weighted by molar-refractivity contribution is 6.33. The van der Waals surface area contributed by atoms with Crippen molar-refractivity contribution in [1.82, 2.24) is 0 Å². The van der Waals surface area contributed by atoms with Gasteiger partial charge in [0.15, 0.2) is 0 Å². The predicted molar refractivity (Wildman–Crippen MR) is 80.9 cm³/mol. The molecule has 0 aromatic heterocycles. The molecular formula is C15H17ClN2O. The van der Waals surface area contributed by atoms with E-state index in [1.807, 2.05) is 36.4 Å². The lowest BCUT2D eigenvalue weighted by Crippen LogP contribution is -2.07. The molecule has 19 heavy (non-hydrogen) atoms. The molecule has 4 heteroatoms. The zero-order valence-corrected chi connectivity index (χ0v) is 11.7. The van der Waals surface area contributed by atoms with Crippen LogP contribution in [-0.4, -0.2) is 7.11 Å². The molecule has 0 fully saturated rings. The van der Waals surface area contributed by atoms with Gasteiger partial charge in [0.2, 0.25) is 0 Å². The van der Waals surface area contributed by atoms with E-state index >= 15 is 0 Å². The molecule has 3 N–H and O–H groups in total. The average Bonchev–Trinajstić information content (AvgIpc) is 2.42. The summed E-state index contributed by atoms with van der Waals surface area (Å²) < 4.78 is 5.14. The zero-order valence-electron chi connectivity index (χ0n) is 11.0. The minimum absolute atomic E-state index is 0.145. The summed E-state index contributed by atoms with van der Waals surface area (Å²) in [4.78, 5) is 0. The number of anilines is 2. The molecular weight excluding hydrogens is 260 g/mol. The van der Waals surface area contributed by atoms with Crippen LogP contribution in [-0.2, 0) is 0 Å². The number of nitrogens with two attached hydrogens (primary N) is 1. The second-order valence-electron chi connectivity index (χ2n) is 4.38. The number of hydrogen-bond acceptors (Lipinski definition) is 3. The van der Waals surface area contributed by atoms with Gasteiger partial charge in [0, 0.05) is 11.7 Å². The lowest BCUT2D eigenvalue weighted by Gasteiger charge is -2.17. The van der Waals surface area contributed by atoms with E-state index in [0.717, 1.165) is 17.0 Å². The number of rotatable bonds is 4. The zero-order chi connectivity index (χ0) is 13.8. The summed E-state index contributed by atoms with van der Waals surface area (Å²) in [7, 11) is 1.66. The molecule has 0 heterocycles. The lowest BCUT2D eigenvalue weighted by atomic mass is 10.1. The summed E-state index contributed by atoms with van der Waals surface area (Å²) in [5, 5.41) is 3.99. The topological polar surface area (TPSA) is 47.3 Å². The molecule has 0 bridgehead atoms. The Morgan fingerprint density at radius 2 is 1.84 bits per heavy atom. The van der Waals surface area contributed by atoms with Crippen molar-refractivity contribution in [2.75, 3.05) is 18.2 Å². The minimum Gasteiger partial charge on any atom is -0.497 e. The molecule has 3 nitrogen and oxygen atoms in total. The summed E-state index contributed by atoms with van der Waals surface area (Å²) in [6, 6.07) is 13.5. The Kier molecular flexibility index (Phi) is 4.17. The van der Waals surface area contributed by atoms with E-state index in [-0.39, 0.29) is 6.04 Å². The van der Waals surface area contributed by atoms with Crippen molar-refractivity contribution >= 4 is 23.0 Å². The first-order valence-corrected chi connectivity index (χ1v) is 6.43. The predicted octanol–water partition coefficient (Wildman–Crippen LogP) is 4.10. The van der Waals surface area contributed by atoms with Gasteiger partial charge in [-0.05, 0) is 42.8 Å². The van der Waals surface area contributed by atoms with Gasteiger partial charge in [-0.15, -0.1) is 0 Å². The molecule has 0 amide bonds. The largest absolute Gasteiger partial charge is 0.497 e. The molecule has 0 aliphatic heterocycles. The van der Waals surface area contributed by atoms with Crippen LogP contribution in [0.5, 0.6) is 5.75 Å². The molecule has 0 aliphatic carbocycles. The molecule has 0 radical (unpaired) electrons. The van der Waals surface area contributed by atoms with Crippen LogP contribution >= 0.6 is 11.6 Å². The van der Waals surface area contributed by atoms with Crippen molar-refractivity contribution in [2.45, 2.75) is 13.0 Å². The maximum atomic E-state index is 6.15. The van der Waals surface area contributed by atoms with Gasteiger partial charge in [0.1, 0.15) is 5.75 Å². The van der Waals surface area contributed by atoms with Crippen LogP contribution in [0.2, 0.25) is 5.02 Å². The normalized spacial score (nSPS) is 11.9. The number of ether oxygens (including phenoxy) is 1. The Morgan fingerprint density at radius 1 is 1.16 bits per heavy atom. The summed E-state index contributed by atoms with van der Waals surface area (Å²) in [6.07, 6.45) is 0. The summed E-state index contributed by atoms with van der Waals surface area (Å²) in [5.74, 6) is 0.849. The van der Waals surface area contributed by atoms with Crippen LogP contribution in [0.4, 0.5) is 11.4 Å². The fourth-order valence-corrected chi connectivity index (χ4v) is 2.10. The number of methoxy groups -OCH3 is 1. The molecule has 0 saturated carbocycles. The maximum Gasteiger partial charge on any atom is 0.118 e. The highest BCUT2D eigenvalue weighted by atomic mass is 35.5. The number of halogens is 1. The highest BCUT2D eigenvalue weighted by Gasteiger charge is 2.08. The van der Waals surface area contributed by atoms with Crippen LogP contribution < -0.4 is 15.8 Å². The molecule has 1 unspecified atom stereocenters. The van der Waals surface area contributed by atoms with Gasteiger partial charge in [0.25, 0.3) is 0 Å². The van der Waals surface area contributed by atoms with Crippen LogP contribution in [0.25, 0.3) is 0 Å². The molecule has 0 spiro atoms. The van der Waals surface area contributed by atoms with Crippen LogP contribution in [0, 0.1) is 0 Å². The first-order valence-electron chi connectivity index (χ1n) is 6.05. The molecule has 100 valence electrons. The van der Waals surface area contributed by atoms with Crippen molar-refractivity contribution in [3.63, 3.8) is 0 Å². The van der Waals surface area contributed by atoms with Crippen LogP contribution in [0.3, 0.4) is 0 Å². The van der Waals surface area contributed by atoms with E-state index in [1.165, 1.54) is 0 Å². The summed E-state index contributed by atoms with van der Waals surface area (Å²) >= 11 is 6.15. The molecule has 2 aromatic rings. The highest BCUT2D eigenvalue weighted by Crippen LogP contribution is 2.28. The fourth-order valence-electron chi connectivity index (χ4n) is 1.86. The van der Waals surface area contributed by atoms with Gasteiger partial charge in [-0.3, -0.25) is 0 Å². The quantitative estimate of drug-likeness (QED) is 0.827. The van der Waals surface area contributed by atoms with Crippen molar-refractivity contribution in [3.8, 4) is 5.75 Å². The van der Waals surface area contributed by atoms with Gasteiger partial charge in [-0.25, -0.2) is 0 Å². The lowest BCUT2D eigenvalue weighted by molar-refractivity contribution is 0.414. The Labute approximate surface area is 118 Å². The van der Waals surface area contributed by atoms with Crippen LogP contribution in [0.15, 0.2) is 42.5 Å². The molecule has 2 rings (SSSR count). The summed E-state index contributed by atoms with van der Waals surface area (Å²) in [5.41, 5.74) is 8.37. The van der Waals surface area contributed by atoms with E-state index in [1.54, 1.807) is 13.2 Å². The van der Waals surface area contributed by atoms with Crippen molar-refractivity contribution in [2.24, 2.45) is 0 Å². The first-order chi connectivity index (χ1) is 9.10. The Morgan fingerprint density at radius 3 is 2.42 bits per heavy atom. The van der Waals surface area contributed by atoms with Crippen molar-refractivity contribution in [3.05, 3.63) is 53.1 Å². The molecule has 1 atom stereocenters. The van der Waals surface area contributed by atoms with Gasteiger partial charge >= 0.3 is 0 Å². The standard InChI is InChI=1S/C15H17ClN2O/c1-10(11-3-6-13(19-2)7-4-11)18-15-8-5-12(17)9-14(15)16/h3-10,18H,17H2,1-2H3. The van der Waals surface area contributed by atoms with Gasteiger partial charge in [0.05, 0.1) is 17.8 Å². The second-order valence-corrected chi connectivity index (χ2v) is 4.79. The number of benzene rings is 2. The van der Waals surface area contributed by atoms with Crippen molar-refractivity contribution in [1.29, 1.82) is 0 Å². The Bertz CT molecular complexity index is 555. The molecule has 0 aliphatic rings. The maximum absolute atomic E-state index is 6.15. The van der Waals surface area contributed by atoms with Gasteiger partial charge in [-0.2, -0.15) is 0 Å². The van der Waals surface area contributed by atoms with Gasteiger partial charge in [-0.1, -0.05) is 23.7 Å². The molecule has 2 aromatic carbocycles. The van der Waals surface area contributed by atoms with E-state index in [4.69, 9.17) is 22.1 Å². The Hall–Kier alpha value is -1.87. The van der Waals surface area contributed by atoms with E-state index in [9.17, 15) is 0 Å². The number of nitrogen functional groups attached to an aromatic ring is 1. The average molecular weight is 277 g/mol. The van der Waals surface area contributed by atoms with Gasteiger partial charge < -0.3 is 15.8 Å². The SMILES string of the molecule is COc1ccc(C(C)Nc2ccc(N)cc2Cl)cc1. The smallest absolute Gasteiger partial charge is 0.118 e. The van der Waals surface area contributed by atoms with E-state index < -0.39 is 0 Å². The third-order valence-electron chi connectivity index (χ3n) is 2.98. The van der Waals surface area contributed by atoms with E-state index in [2.05, 4.69) is 12.2 Å².